The van der Waals surface area contributed by atoms with Crippen molar-refractivity contribution < 1.29 is 29.4 Å². The van der Waals surface area contributed by atoms with Crippen LogP contribution in [0, 0.1) is 5.92 Å². The monoisotopic (exact) mass is 551 g/mol. The number of aromatic amines is 1. The zero-order valence-corrected chi connectivity index (χ0v) is 22.6. The highest BCUT2D eigenvalue weighted by atomic mass is 16.4. The molecule has 0 radical (unpaired) electrons. The lowest BCUT2D eigenvalue weighted by Gasteiger charge is -2.25. The number of aliphatic hydroxyl groups excluding tert-OH is 1. The van der Waals surface area contributed by atoms with E-state index in [4.69, 9.17) is 5.73 Å². The molecule has 1 heterocycles. The summed E-state index contributed by atoms with van der Waals surface area (Å²) < 4.78 is 0. The van der Waals surface area contributed by atoms with Gasteiger partial charge in [0.25, 0.3) is 0 Å². The first-order valence-corrected chi connectivity index (χ1v) is 13.2. The van der Waals surface area contributed by atoms with Crippen molar-refractivity contribution in [1.29, 1.82) is 0 Å². The van der Waals surface area contributed by atoms with Gasteiger partial charge in [-0.1, -0.05) is 62.4 Å². The van der Waals surface area contributed by atoms with E-state index in [1.165, 1.54) is 0 Å². The second-order valence-electron chi connectivity index (χ2n) is 10.2. The van der Waals surface area contributed by atoms with E-state index in [1.807, 2.05) is 68.4 Å². The topological polar surface area (TPSA) is 187 Å². The second kappa shape index (κ2) is 14.2. The van der Waals surface area contributed by atoms with Gasteiger partial charge >= 0.3 is 5.97 Å². The fourth-order valence-corrected chi connectivity index (χ4v) is 4.40. The average Bonchev–Trinajstić information content (AvgIpc) is 3.33. The fourth-order valence-electron chi connectivity index (χ4n) is 4.40. The van der Waals surface area contributed by atoms with Crippen molar-refractivity contribution >= 4 is 34.6 Å². The highest BCUT2D eigenvalue weighted by molar-refractivity contribution is 5.94. The van der Waals surface area contributed by atoms with Crippen LogP contribution in [0.1, 0.15) is 31.4 Å². The van der Waals surface area contributed by atoms with E-state index in [1.54, 1.807) is 6.20 Å². The van der Waals surface area contributed by atoms with Crippen LogP contribution in [0.25, 0.3) is 10.9 Å². The molecule has 11 heteroatoms. The molecule has 8 N–H and O–H groups in total. The van der Waals surface area contributed by atoms with E-state index >= 15 is 0 Å². The Kier molecular flexibility index (Phi) is 10.8. The van der Waals surface area contributed by atoms with E-state index in [0.29, 0.717) is 0 Å². The van der Waals surface area contributed by atoms with Crippen LogP contribution in [0.15, 0.2) is 60.8 Å². The molecule has 214 valence electrons. The number of amides is 3. The number of H-pyrrole nitrogens is 1. The molecule has 3 aromatic rings. The molecule has 0 aliphatic carbocycles. The standard InChI is InChI=1S/C29H37N5O6/c1-17(2)12-23(27(37)33-24(29(39)40)14-19-15-31-22-11-7-6-10-20(19)22)32-28(38)25(16-35)34-26(36)21(30)13-18-8-4-3-5-9-18/h3-11,15,17,21,23-25,31,35H,12-14,16,30H2,1-2H3,(H,32,38)(H,33,37)(H,34,36)(H,39,40). The van der Waals surface area contributed by atoms with Gasteiger partial charge in [0.15, 0.2) is 0 Å². The van der Waals surface area contributed by atoms with E-state index in [0.717, 1.165) is 22.0 Å². The third kappa shape index (κ3) is 8.39. The minimum atomic E-state index is -1.35. The highest BCUT2D eigenvalue weighted by Crippen LogP contribution is 2.19. The summed E-state index contributed by atoms with van der Waals surface area (Å²) >= 11 is 0. The number of para-hydroxylation sites is 1. The summed E-state index contributed by atoms with van der Waals surface area (Å²) in [7, 11) is 0. The highest BCUT2D eigenvalue weighted by Gasteiger charge is 2.31. The van der Waals surface area contributed by atoms with Crippen LogP contribution in [0.4, 0.5) is 0 Å². The maximum absolute atomic E-state index is 13.2. The zero-order valence-electron chi connectivity index (χ0n) is 22.6. The molecule has 4 unspecified atom stereocenters. The molecule has 11 nitrogen and oxygen atoms in total. The Morgan fingerprint density at radius 3 is 2.08 bits per heavy atom. The first-order valence-electron chi connectivity index (χ1n) is 13.2. The number of hydrogen-bond donors (Lipinski definition) is 7. The van der Waals surface area contributed by atoms with Crippen LogP contribution < -0.4 is 21.7 Å². The summed E-state index contributed by atoms with van der Waals surface area (Å²) in [6, 6.07) is 11.9. The van der Waals surface area contributed by atoms with E-state index in [9.17, 15) is 29.4 Å². The molecule has 0 saturated carbocycles. The predicted octanol–water partition coefficient (Wildman–Crippen LogP) is 0.858. The SMILES string of the molecule is CC(C)CC(NC(=O)C(CO)NC(=O)C(N)Cc1ccccc1)C(=O)NC(Cc1c[nH]c2ccccc12)C(=O)O. The fraction of sp³-hybridized carbons (Fsp3) is 0.379. The lowest BCUT2D eigenvalue weighted by atomic mass is 10.0. The van der Waals surface area contributed by atoms with Gasteiger partial charge in [-0.15, -0.1) is 0 Å². The van der Waals surface area contributed by atoms with Crippen molar-refractivity contribution in [3.05, 3.63) is 71.9 Å². The second-order valence-corrected chi connectivity index (χ2v) is 10.2. The van der Waals surface area contributed by atoms with Gasteiger partial charge < -0.3 is 36.9 Å². The summed E-state index contributed by atoms with van der Waals surface area (Å²) in [6.45, 7) is 2.98. The van der Waals surface area contributed by atoms with Crippen LogP contribution in [0.3, 0.4) is 0 Å². The van der Waals surface area contributed by atoms with Gasteiger partial charge in [-0.3, -0.25) is 14.4 Å². The maximum Gasteiger partial charge on any atom is 0.326 e. The molecule has 3 rings (SSSR count). The molecule has 0 aliphatic heterocycles. The quantitative estimate of drug-likeness (QED) is 0.155. The first-order chi connectivity index (χ1) is 19.1. The molecule has 0 saturated heterocycles. The number of aliphatic hydroxyl groups is 1. The number of aromatic nitrogens is 1. The van der Waals surface area contributed by atoms with E-state index in [2.05, 4.69) is 20.9 Å². The Hall–Kier alpha value is -4.22. The molecule has 4 atom stereocenters. The summed E-state index contributed by atoms with van der Waals surface area (Å²) in [5.41, 5.74) is 8.40. The molecule has 0 fully saturated rings. The van der Waals surface area contributed by atoms with Crippen molar-refractivity contribution in [2.45, 2.75) is 57.3 Å². The smallest absolute Gasteiger partial charge is 0.326 e. The van der Waals surface area contributed by atoms with Gasteiger partial charge in [0.05, 0.1) is 12.6 Å². The predicted molar refractivity (Wildman–Crippen MR) is 150 cm³/mol. The summed E-state index contributed by atoms with van der Waals surface area (Å²) in [5, 5.41) is 28.0. The van der Waals surface area contributed by atoms with Crippen molar-refractivity contribution in [3.8, 4) is 0 Å². The Morgan fingerprint density at radius 1 is 0.825 bits per heavy atom. The van der Waals surface area contributed by atoms with Gasteiger partial charge in [0.2, 0.25) is 17.7 Å². The number of nitrogens with two attached hydrogens (primary N) is 1. The molecule has 3 amide bonds. The van der Waals surface area contributed by atoms with Crippen LogP contribution >= 0.6 is 0 Å². The van der Waals surface area contributed by atoms with Crippen molar-refractivity contribution in [3.63, 3.8) is 0 Å². The largest absolute Gasteiger partial charge is 0.480 e. The van der Waals surface area contributed by atoms with Crippen molar-refractivity contribution in [2.75, 3.05) is 6.61 Å². The van der Waals surface area contributed by atoms with Gasteiger partial charge in [0, 0.05) is 23.5 Å². The summed E-state index contributed by atoms with van der Waals surface area (Å²) in [5.74, 6) is -3.35. The molecule has 2 aromatic carbocycles. The number of carbonyl (C=O) groups excluding carboxylic acids is 3. The van der Waals surface area contributed by atoms with Gasteiger partial charge in [-0.2, -0.15) is 0 Å². The van der Waals surface area contributed by atoms with Crippen LogP contribution in [-0.2, 0) is 32.0 Å². The van der Waals surface area contributed by atoms with E-state index in [-0.39, 0.29) is 25.2 Å². The Bertz CT molecular complexity index is 1310. The maximum atomic E-state index is 13.2. The molecule has 40 heavy (non-hydrogen) atoms. The van der Waals surface area contributed by atoms with Gasteiger partial charge in [0.1, 0.15) is 18.1 Å². The number of carboxylic acids is 1. The average molecular weight is 552 g/mol. The lowest BCUT2D eigenvalue weighted by Crippen LogP contribution is -2.58. The van der Waals surface area contributed by atoms with Crippen molar-refractivity contribution in [1.82, 2.24) is 20.9 Å². The van der Waals surface area contributed by atoms with Crippen LogP contribution in [0.5, 0.6) is 0 Å². The number of fused-ring (bicyclic) bond motifs is 1. The van der Waals surface area contributed by atoms with Gasteiger partial charge in [-0.05, 0) is 36.0 Å². The Morgan fingerprint density at radius 2 is 1.43 bits per heavy atom. The van der Waals surface area contributed by atoms with Gasteiger partial charge in [-0.25, -0.2) is 4.79 Å². The number of rotatable bonds is 14. The molecule has 0 spiro atoms. The summed E-state index contributed by atoms with van der Waals surface area (Å²) in [4.78, 5) is 53.9. The molecule has 0 aliphatic rings. The number of carbonyl (C=O) groups is 4. The molecule has 1 aromatic heterocycles. The van der Waals surface area contributed by atoms with E-state index < -0.39 is 54.5 Å². The third-order valence-electron chi connectivity index (χ3n) is 6.50. The lowest BCUT2D eigenvalue weighted by molar-refractivity contribution is -0.142. The number of nitrogens with one attached hydrogen (secondary N) is 4. The number of benzene rings is 2. The molecular weight excluding hydrogens is 514 g/mol. The minimum absolute atomic E-state index is 0.0298. The number of hydrogen-bond acceptors (Lipinski definition) is 6. The number of carboxylic acid groups (broad SMARTS) is 1. The third-order valence-corrected chi connectivity index (χ3v) is 6.50. The van der Waals surface area contributed by atoms with Crippen LogP contribution in [-0.4, -0.2) is 69.7 Å². The minimum Gasteiger partial charge on any atom is -0.480 e. The zero-order chi connectivity index (χ0) is 29.2. The normalized spacial score (nSPS) is 14.2. The summed E-state index contributed by atoms with van der Waals surface area (Å²) in [6.07, 6.45) is 2.17. The Balaban J connectivity index is 1.66. The first kappa shape index (κ1) is 30.3. The van der Waals surface area contributed by atoms with Crippen LogP contribution in [0.2, 0.25) is 0 Å². The Labute approximate surface area is 232 Å². The van der Waals surface area contributed by atoms with Crippen molar-refractivity contribution in [2.24, 2.45) is 11.7 Å². The number of aliphatic carboxylic acids is 1. The molecular formula is C29H37N5O6. The molecule has 0 bridgehead atoms.